The summed E-state index contributed by atoms with van der Waals surface area (Å²) in [7, 11) is 0. The van der Waals surface area contributed by atoms with Gasteiger partial charge in [0.25, 0.3) is 0 Å². The second kappa shape index (κ2) is 7.50. The number of aryl methyl sites for hydroxylation is 2. The molecule has 31 heavy (non-hydrogen) atoms. The maximum Gasteiger partial charge on any atom is 0.224 e. The van der Waals surface area contributed by atoms with Gasteiger partial charge in [0, 0.05) is 36.0 Å². The largest absolute Gasteiger partial charge is 0.491 e. The van der Waals surface area contributed by atoms with Gasteiger partial charge in [-0.2, -0.15) is 0 Å². The molecule has 0 radical (unpaired) electrons. The van der Waals surface area contributed by atoms with Gasteiger partial charge >= 0.3 is 0 Å². The average molecular weight is 427 g/mol. The van der Waals surface area contributed by atoms with Crippen molar-refractivity contribution in [2.24, 2.45) is 11.8 Å². The summed E-state index contributed by atoms with van der Waals surface area (Å²) in [5, 5.41) is 3.08. The van der Waals surface area contributed by atoms with Crippen LogP contribution in [-0.4, -0.2) is 24.7 Å². The molecule has 3 aliphatic carbocycles. The van der Waals surface area contributed by atoms with E-state index in [1.807, 2.05) is 13.8 Å². The van der Waals surface area contributed by atoms with Crippen LogP contribution in [0.4, 0.5) is 20.2 Å². The molecule has 3 fully saturated rings. The minimum Gasteiger partial charge on any atom is -0.491 e. The van der Waals surface area contributed by atoms with E-state index in [-0.39, 0.29) is 17.6 Å². The number of carbonyl (C=O) groups is 1. The molecule has 1 unspecified atom stereocenters. The van der Waals surface area contributed by atoms with Crippen molar-refractivity contribution in [3.63, 3.8) is 0 Å². The highest BCUT2D eigenvalue weighted by atomic mass is 19.1. The van der Waals surface area contributed by atoms with Crippen molar-refractivity contribution in [2.45, 2.75) is 51.7 Å². The van der Waals surface area contributed by atoms with Crippen molar-refractivity contribution in [3.8, 4) is 5.75 Å². The van der Waals surface area contributed by atoms with Gasteiger partial charge in [0.15, 0.2) is 0 Å². The predicted octanol–water partition coefficient (Wildman–Crippen LogP) is 5.31. The van der Waals surface area contributed by atoms with Crippen LogP contribution in [0.1, 0.15) is 42.4 Å². The van der Waals surface area contributed by atoms with Gasteiger partial charge < -0.3 is 15.0 Å². The summed E-state index contributed by atoms with van der Waals surface area (Å²) >= 11 is 0. The van der Waals surface area contributed by atoms with E-state index >= 15 is 0 Å². The second-order valence-corrected chi connectivity index (χ2v) is 9.51. The van der Waals surface area contributed by atoms with Gasteiger partial charge in [-0.25, -0.2) is 8.78 Å². The fraction of sp³-hybridized carbons (Fsp3) is 0.480. The maximum atomic E-state index is 14.1. The van der Waals surface area contributed by atoms with Gasteiger partial charge in [-0.1, -0.05) is 6.07 Å². The van der Waals surface area contributed by atoms with E-state index in [4.69, 9.17) is 4.74 Å². The summed E-state index contributed by atoms with van der Waals surface area (Å²) in [5.74, 6) is 0.822. The minimum atomic E-state index is -0.996. The van der Waals surface area contributed by atoms with Crippen LogP contribution in [0.2, 0.25) is 0 Å². The topological polar surface area (TPSA) is 41.6 Å². The Morgan fingerprint density at radius 2 is 1.94 bits per heavy atom. The number of nitrogens with zero attached hydrogens (tertiary/aromatic N) is 1. The van der Waals surface area contributed by atoms with E-state index in [1.165, 1.54) is 12.1 Å². The Morgan fingerprint density at radius 3 is 2.61 bits per heavy atom. The molecule has 2 aromatic carbocycles. The van der Waals surface area contributed by atoms with Crippen LogP contribution >= 0.6 is 0 Å². The number of anilines is 2. The molecule has 6 heteroatoms. The molecule has 4 nitrogen and oxygen atoms in total. The van der Waals surface area contributed by atoms with Gasteiger partial charge in [-0.15, -0.1) is 0 Å². The third-order valence-electron chi connectivity index (χ3n) is 7.15. The predicted molar refractivity (Wildman–Crippen MR) is 117 cm³/mol. The smallest absolute Gasteiger partial charge is 0.224 e. The Bertz CT molecular complexity index is 1010. The first-order valence-corrected chi connectivity index (χ1v) is 11.1. The van der Waals surface area contributed by atoms with E-state index < -0.39 is 5.67 Å². The van der Waals surface area contributed by atoms with Gasteiger partial charge in [-0.05, 0) is 74.3 Å². The van der Waals surface area contributed by atoms with Crippen molar-refractivity contribution < 1.29 is 18.3 Å². The summed E-state index contributed by atoms with van der Waals surface area (Å²) in [5.41, 5.74) is 3.82. The fourth-order valence-electron chi connectivity index (χ4n) is 5.57. The van der Waals surface area contributed by atoms with Crippen molar-refractivity contribution >= 4 is 17.3 Å². The molecule has 1 amide bonds. The van der Waals surface area contributed by atoms with Gasteiger partial charge in [0.1, 0.15) is 23.8 Å². The van der Waals surface area contributed by atoms with Crippen LogP contribution in [-0.2, 0) is 11.3 Å². The normalized spacial score (nSPS) is 26.5. The first-order chi connectivity index (χ1) is 14.8. The third-order valence-corrected chi connectivity index (χ3v) is 7.15. The lowest BCUT2D eigenvalue weighted by atomic mass is 9.80. The highest BCUT2D eigenvalue weighted by Crippen LogP contribution is 2.58. The van der Waals surface area contributed by atoms with Crippen LogP contribution in [0.3, 0.4) is 0 Å². The zero-order chi connectivity index (χ0) is 21.8. The molecule has 2 aromatic rings. The van der Waals surface area contributed by atoms with E-state index in [0.29, 0.717) is 57.0 Å². The van der Waals surface area contributed by atoms with Crippen LogP contribution in [0.5, 0.6) is 5.75 Å². The molecule has 4 aliphatic rings. The van der Waals surface area contributed by atoms with E-state index in [9.17, 15) is 13.6 Å². The molecule has 6 rings (SSSR count). The summed E-state index contributed by atoms with van der Waals surface area (Å²) in [6.07, 6.45) is 2.19. The summed E-state index contributed by atoms with van der Waals surface area (Å²) in [4.78, 5) is 14.9. The number of hydrogen-bond acceptors (Lipinski definition) is 3. The molecule has 0 spiro atoms. The lowest BCUT2D eigenvalue weighted by molar-refractivity contribution is -0.117. The number of benzene rings is 2. The first kappa shape index (κ1) is 20.3. The number of ether oxygens (including phenoxy) is 1. The maximum absolute atomic E-state index is 14.1. The number of amides is 1. The van der Waals surface area contributed by atoms with Gasteiger partial charge in [0.2, 0.25) is 5.91 Å². The highest BCUT2D eigenvalue weighted by molar-refractivity contribution is 5.93. The van der Waals surface area contributed by atoms with Crippen molar-refractivity contribution in [3.05, 3.63) is 52.8 Å². The van der Waals surface area contributed by atoms with Crippen LogP contribution in [0.15, 0.2) is 30.3 Å². The molecular formula is C25H28F2N2O2. The fourth-order valence-corrected chi connectivity index (χ4v) is 5.57. The molecule has 164 valence electrons. The number of halogens is 2. The molecule has 1 aliphatic heterocycles. The van der Waals surface area contributed by atoms with Crippen molar-refractivity contribution in [1.82, 2.24) is 0 Å². The molecule has 1 N–H and O–H groups in total. The van der Waals surface area contributed by atoms with Crippen molar-refractivity contribution in [2.75, 3.05) is 23.4 Å². The Labute approximate surface area is 181 Å². The molecular weight excluding hydrogens is 398 g/mol. The highest BCUT2D eigenvalue weighted by Gasteiger charge is 2.56. The van der Waals surface area contributed by atoms with Crippen LogP contribution in [0.25, 0.3) is 0 Å². The lowest BCUT2D eigenvalue weighted by Gasteiger charge is -2.30. The molecule has 1 atom stereocenters. The number of nitrogens with one attached hydrogen (secondary N) is 1. The molecule has 2 bridgehead atoms. The van der Waals surface area contributed by atoms with Gasteiger partial charge in [-0.3, -0.25) is 4.79 Å². The number of fused-ring (bicyclic) bond motifs is 2. The molecule has 0 aromatic heterocycles. The van der Waals surface area contributed by atoms with E-state index in [0.717, 1.165) is 28.1 Å². The summed E-state index contributed by atoms with van der Waals surface area (Å²) in [6.45, 7) is 5.79. The Hall–Kier alpha value is -2.63. The van der Waals surface area contributed by atoms with E-state index in [2.05, 4.69) is 22.3 Å². The molecule has 0 saturated heterocycles. The van der Waals surface area contributed by atoms with E-state index in [1.54, 1.807) is 6.07 Å². The minimum absolute atomic E-state index is 0.0285. The quantitative estimate of drug-likeness (QED) is 0.721. The van der Waals surface area contributed by atoms with Crippen LogP contribution in [0, 0.1) is 31.5 Å². The number of hydrogen-bond donors (Lipinski definition) is 1. The average Bonchev–Trinajstić information content (AvgIpc) is 3.06. The summed E-state index contributed by atoms with van der Waals surface area (Å²) in [6, 6.07) is 8.80. The SMILES string of the molecule is Cc1cc(N2CCOc3cc(F)ccc3C2)cc(C)c1NC(=O)CC1CC2(F)CC1C2. The number of carbonyl (C=O) groups excluding carboxylic acids is 1. The first-order valence-electron chi connectivity index (χ1n) is 11.1. The molecule has 1 heterocycles. The van der Waals surface area contributed by atoms with Crippen molar-refractivity contribution in [1.29, 1.82) is 0 Å². The van der Waals surface area contributed by atoms with Crippen LogP contribution < -0.4 is 15.0 Å². The molecule has 3 saturated carbocycles. The van der Waals surface area contributed by atoms with Gasteiger partial charge in [0.05, 0.1) is 6.54 Å². The zero-order valence-corrected chi connectivity index (χ0v) is 18.0. The Morgan fingerprint density at radius 1 is 1.19 bits per heavy atom. The lowest BCUT2D eigenvalue weighted by Crippen LogP contribution is -2.30. The Kier molecular flexibility index (Phi) is 4.91. The Balaban J connectivity index is 1.30. The standard InChI is InChI=1S/C25H28F2N2O2/c1-15-7-21(29-5-6-31-22-10-20(26)4-3-17(22)14-29)8-16(2)24(15)28-23(30)9-18-11-25(27)12-19(18)13-25/h3-4,7-8,10,18-19H,5-6,9,11-14H2,1-2H3,(H,28,30). The zero-order valence-electron chi connectivity index (χ0n) is 18.0. The summed E-state index contributed by atoms with van der Waals surface area (Å²) < 4.78 is 33.4. The monoisotopic (exact) mass is 426 g/mol. The number of rotatable bonds is 4. The second-order valence-electron chi connectivity index (χ2n) is 9.51. The third kappa shape index (κ3) is 3.88. The number of alkyl halides is 1.